The molecule has 1 rings (SSSR count). The lowest BCUT2D eigenvalue weighted by atomic mass is 10.1. The molecule has 1 aromatic rings. The Balaban J connectivity index is 3.04. The van der Waals surface area contributed by atoms with Crippen LogP contribution < -0.4 is 5.73 Å². The van der Waals surface area contributed by atoms with Gasteiger partial charge in [-0.25, -0.2) is 0 Å². The van der Waals surface area contributed by atoms with Gasteiger partial charge in [0.15, 0.2) is 6.29 Å². The molecule has 82 valence electrons. The van der Waals surface area contributed by atoms with Crippen molar-refractivity contribution in [1.82, 2.24) is 0 Å². The predicted molar refractivity (Wildman–Crippen MR) is 56.3 cm³/mol. The van der Waals surface area contributed by atoms with Gasteiger partial charge in [-0.15, -0.1) is 0 Å². The summed E-state index contributed by atoms with van der Waals surface area (Å²) in [5.74, 6) is -0.479. The van der Waals surface area contributed by atoms with Gasteiger partial charge < -0.3 is 15.2 Å². The fraction of sp³-hybridized carbons (Fsp3) is 0.364. The van der Waals surface area contributed by atoms with Gasteiger partial charge >= 0.3 is 0 Å². The molecular weight excluding hydrogens is 194 g/mol. The Labute approximate surface area is 89.0 Å². The van der Waals surface area contributed by atoms with Crippen LogP contribution in [0.4, 0.5) is 0 Å². The molecule has 4 heteroatoms. The van der Waals surface area contributed by atoms with Crippen molar-refractivity contribution in [2.24, 2.45) is 5.73 Å². The average Bonchev–Trinajstić information content (AvgIpc) is 2.26. The molecule has 15 heavy (non-hydrogen) atoms. The Morgan fingerprint density at radius 2 is 2.13 bits per heavy atom. The number of methoxy groups -OCH3 is 1. The fourth-order valence-corrected chi connectivity index (χ4v) is 1.36. The highest BCUT2D eigenvalue weighted by molar-refractivity contribution is 5.94. The van der Waals surface area contributed by atoms with E-state index in [1.807, 2.05) is 13.0 Å². The van der Waals surface area contributed by atoms with Crippen LogP contribution in [0.15, 0.2) is 24.3 Å². The van der Waals surface area contributed by atoms with Crippen LogP contribution in [0.3, 0.4) is 0 Å². The Hall–Kier alpha value is -1.39. The summed E-state index contributed by atoms with van der Waals surface area (Å²) in [5.41, 5.74) is 6.34. The molecule has 0 bridgehead atoms. The SMILES string of the molecule is CCOC(OC)c1ccccc1C(N)=O. The molecule has 0 saturated heterocycles. The molecular formula is C11H15NO3. The Kier molecular flexibility index (Phi) is 4.27. The maximum atomic E-state index is 11.2. The van der Waals surface area contributed by atoms with Crippen molar-refractivity contribution in [3.8, 4) is 0 Å². The molecule has 1 amide bonds. The van der Waals surface area contributed by atoms with E-state index in [1.54, 1.807) is 18.2 Å². The van der Waals surface area contributed by atoms with E-state index in [0.717, 1.165) is 0 Å². The summed E-state index contributed by atoms with van der Waals surface area (Å²) < 4.78 is 10.5. The van der Waals surface area contributed by atoms with E-state index in [1.165, 1.54) is 7.11 Å². The molecule has 0 spiro atoms. The van der Waals surface area contributed by atoms with E-state index in [-0.39, 0.29) is 0 Å². The number of ether oxygens (including phenoxy) is 2. The van der Waals surface area contributed by atoms with E-state index in [2.05, 4.69) is 0 Å². The highest BCUT2D eigenvalue weighted by Gasteiger charge is 2.16. The van der Waals surface area contributed by atoms with Crippen LogP contribution >= 0.6 is 0 Å². The Bertz CT molecular complexity index is 338. The summed E-state index contributed by atoms with van der Waals surface area (Å²) in [6, 6.07) is 6.99. The van der Waals surface area contributed by atoms with Crippen LogP contribution in [0.2, 0.25) is 0 Å². The number of carbonyl (C=O) groups is 1. The first-order valence-corrected chi connectivity index (χ1v) is 4.73. The van der Waals surface area contributed by atoms with Crippen LogP contribution in [0, 0.1) is 0 Å². The third-order valence-electron chi connectivity index (χ3n) is 2.01. The zero-order valence-electron chi connectivity index (χ0n) is 8.90. The lowest BCUT2D eigenvalue weighted by Gasteiger charge is -2.17. The van der Waals surface area contributed by atoms with Gasteiger partial charge in [0.1, 0.15) is 0 Å². The number of benzene rings is 1. The van der Waals surface area contributed by atoms with Gasteiger partial charge in [0.05, 0.1) is 0 Å². The first kappa shape index (κ1) is 11.7. The molecule has 1 atom stereocenters. The largest absolute Gasteiger partial charge is 0.366 e. The third kappa shape index (κ3) is 2.78. The number of rotatable bonds is 5. The van der Waals surface area contributed by atoms with Gasteiger partial charge in [-0.1, -0.05) is 18.2 Å². The second-order valence-corrected chi connectivity index (χ2v) is 2.97. The monoisotopic (exact) mass is 209 g/mol. The van der Waals surface area contributed by atoms with Crippen LogP contribution in [0.5, 0.6) is 0 Å². The number of hydrogen-bond acceptors (Lipinski definition) is 3. The molecule has 0 heterocycles. The maximum Gasteiger partial charge on any atom is 0.249 e. The molecule has 2 N–H and O–H groups in total. The summed E-state index contributed by atoms with van der Waals surface area (Å²) in [6.07, 6.45) is -0.543. The van der Waals surface area contributed by atoms with Crippen LogP contribution in [0.1, 0.15) is 29.1 Å². The number of primary amides is 1. The summed E-state index contributed by atoms with van der Waals surface area (Å²) >= 11 is 0. The van der Waals surface area contributed by atoms with Crippen molar-refractivity contribution in [3.63, 3.8) is 0 Å². The average molecular weight is 209 g/mol. The standard InChI is InChI=1S/C11H15NO3/c1-3-15-11(14-2)9-7-5-4-6-8(9)10(12)13/h4-7,11H,3H2,1-2H3,(H2,12,13). The molecule has 0 aromatic heterocycles. The van der Waals surface area contributed by atoms with Gasteiger partial charge in [-0.2, -0.15) is 0 Å². The van der Waals surface area contributed by atoms with Gasteiger partial charge in [-0.05, 0) is 13.0 Å². The summed E-state index contributed by atoms with van der Waals surface area (Å²) in [4.78, 5) is 11.2. The number of amides is 1. The lowest BCUT2D eigenvalue weighted by Crippen LogP contribution is -2.17. The van der Waals surface area contributed by atoms with E-state index in [0.29, 0.717) is 17.7 Å². The molecule has 0 saturated carbocycles. The van der Waals surface area contributed by atoms with Gasteiger partial charge in [0, 0.05) is 24.8 Å². The zero-order valence-corrected chi connectivity index (χ0v) is 8.90. The van der Waals surface area contributed by atoms with Crippen molar-refractivity contribution in [1.29, 1.82) is 0 Å². The summed E-state index contributed by atoms with van der Waals surface area (Å²) in [5, 5.41) is 0. The van der Waals surface area contributed by atoms with Gasteiger partial charge in [0.25, 0.3) is 0 Å². The van der Waals surface area contributed by atoms with Gasteiger partial charge in [0.2, 0.25) is 5.91 Å². The van der Waals surface area contributed by atoms with E-state index >= 15 is 0 Å². The molecule has 4 nitrogen and oxygen atoms in total. The minimum atomic E-state index is -0.543. The van der Waals surface area contributed by atoms with Crippen molar-refractivity contribution in [2.45, 2.75) is 13.2 Å². The summed E-state index contributed by atoms with van der Waals surface area (Å²) in [6.45, 7) is 2.37. The van der Waals surface area contributed by atoms with E-state index in [4.69, 9.17) is 15.2 Å². The number of hydrogen-bond donors (Lipinski definition) is 1. The summed E-state index contributed by atoms with van der Waals surface area (Å²) in [7, 11) is 1.53. The van der Waals surface area contributed by atoms with Crippen LogP contribution in [0.25, 0.3) is 0 Å². The van der Waals surface area contributed by atoms with Crippen LogP contribution in [-0.2, 0) is 9.47 Å². The molecule has 0 aliphatic carbocycles. The van der Waals surface area contributed by atoms with Gasteiger partial charge in [-0.3, -0.25) is 4.79 Å². The first-order valence-electron chi connectivity index (χ1n) is 4.73. The van der Waals surface area contributed by atoms with Crippen molar-refractivity contribution < 1.29 is 14.3 Å². The second-order valence-electron chi connectivity index (χ2n) is 2.97. The first-order chi connectivity index (χ1) is 7.20. The molecule has 0 fully saturated rings. The number of carbonyl (C=O) groups excluding carboxylic acids is 1. The van der Waals surface area contributed by atoms with Crippen LogP contribution in [-0.4, -0.2) is 19.6 Å². The molecule has 0 aliphatic rings. The van der Waals surface area contributed by atoms with Crippen molar-refractivity contribution in [2.75, 3.05) is 13.7 Å². The second kappa shape index (κ2) is 5.48. The minimum absolute atomic E-state index is 0.429. The fourth-order valence-electron chi connectivity index (χ4n) is 1.36. The normalized spacial score (nSPS) is 12.4. The van der Waals surface area contributed by atoms with Crippen molar-refractivity contribution >= 4 is 5.91 Å². The predicted octanol–water partition coefficient (Wildman–Crippen LogP) is 1.47. The topological polar surface area (TPSA) is 61.6 Å². The minimum Gasteiger partial charge on any atom is -0.366 e. The highest BCUT2D eigenvalue weighted by Crippen LogP contribution is 2.21. The number of nitrogens with two attached hydrogens (primary N) is 1. The van der Waals surface area contributed by atoms with Crippen molar-refractivity contribution in [3.05, 3.63) is 35.4 Å². The lowest BCUT2D eigenvalue weighted by molar-refractivity contribution is -0.124. The van der Waals surface area contributed by atoms with E-state index < -0.39 is 12.2 Å². The molecule has 1 aromatic carbocycles. The van der Waals surface area contributed by atoms with E-state index in [9.17, 15) is 4.79 Å². The Morgan fingerprint density at radius 3 is 2.67 bits per heavy atom. The third-order valence-corrected chi connectivity index (χ3v) is 2.01. The Morgan fingerprint density at radius 1 is 1.47 bits per heavy atom. The maximum absolute atomic E-state index is 11.2. The molecule has 0 radical (unpaired) electrons. The highest BCUT2D eigenvalue weighted by atomic mass is 16.7. The smallest absolute Gasteiger partial charge is 0.249 e. The quantitative estimate of drug-likeness (QED) is 0.747. The zero-order chi connectivity index (χ0) is 11.3. The molecule has 0 aliphatic heterocycles. The molecule has 1 unspecified atom stereocenters.